The summed E-state index contributed by atoms with van der Waals surface area (Å²) in [6.45, 7) is 5.37. The van der Waals surface area contributed by atoms with Crippen LogP contribution in [0.3, 0.4) is 0 Å². The summed E-state index contributed by atoms with van der Waals surface area (Å²) in [7, 11) is 1.79. The Morgan fingerprint density at radius 3 is 2.62 bits per heavy atom. The molecular formula is C10H12ClNO. The van der Waals surface area contributed by atoms with Crippen LogP contribution < -0.4 is 5.32 Å². The van der Waals surface area contributed by atoms with E-state index in [0.717, 1.165) is 11.3 Å². The molecule has 0 aliphatic heterocycles. The van der Waals surface area contributed by atoms with Crippen LogP contribution >= 0.6 is 11.6 Å². The number of halogens is 1. The average Bonchev–Trinajstić information content (AvgIpc) is 2.08. The smallest absolute Gasteiger partial charge is 0.117 e. The molecule has 0 saturated carbocycles. The number of aryl methyl sites for hydroxylation is 1. The van der Waals surface area contributed by atoms with Crippen molar-refractivity contribution in [2.45, 2.75) is 6.92 Å². The number of hydrogen-bond donors (Lipinski definition) is 2. The summed E-state index contributed by atoms with van der Waals surface area (Å²) in [5, 5.41) is 12.9. The first-order valence-corrected chi connectivity index (χ1v) is 4.30. The maximum Gasteiger partial charge on any atom is 0.117 e. The lowest BCUT2D eigenvalue weighted by atomic mass is 10.1. The second-order valence-corrected chi connectivity index (χ2v) is 3.25. The molecule has 0 fully saturated rings. The molecule has 0 amide bonds. The average molecular weight is 198 g/mol. The van der Waals surface area contributed by atoms with Crippen LogP contribution in [0.1, 0.15) is 11.1 Å². The molecule has 0 spiro atoms. The Morgan fingerprint density at radius 2 is 2.15 bits per heavy atom. The largest absolute Gasteiger partial charge is 0.508 e. The second-order valence-electron chi connectivity index (χ2n) is 2.84. The Hall–Kier alpha value is -1.15. The highest BCUT2D eigenvalue weighted by atomic mass is 35.5. The van der Waals surface area contributed by atoms with Gasteiger partial charge in [-0.15, -0.1) is 0 Å². The summed E-state index contributed by atoms with van der Waals surface area (Å²) in [4.78, 5) is 0. The molecule has 70 valence electrons. The summed E-state index contributed by atoms with van der Waals surface area (Å²) in [6.07, 6.45) is 0. The van der Waals surface area contributed by atoms with Crippen molar-refractivity contribution in [3.63, 3.8) is 0 Å². The fourth-order valence-corrected chi connectivity index (χ4v) is 1.29. The monoisotopic (exact) mass is 197 g/mol. The molecule has 2 nitrogen and oxygen atoms in total. The molecule has 1 aromatic carbocycles. The maximum atomic E-state index is 9.26. The van der Waals surface area contributed by atoms with E-state index in [4.69, 9.17) is 11.6 Å². The van der Waals surface area contributed by atoms with Gasteiger partial charge in [0.25, 0.3) is 0 Å². The molecule has 1 aromatic rings. The Labute approximate surface area is 82.8 Å². The van der Waals surface area contributed by atoms with Gasteiger partial charge in [0, 0.05) is 23.3 Å². The molecule has 0 aliphatic rings. The molecule has 0 radical (unpaired) electrons. The van der Waals surface area contributed by atoms with E-state index in [9.17, 15) is 5.11 Å². The molecule has 3 heteroatoms. The highest BCUT2D eigenvalue weighted by molar-refractivity contribution is 6.31. The molecule has 13 heavy (non-hydrogen) atoms. The lowest BCUT2D eigenvalue weighted by molar-refractivity contribution is 0.514. The lowest BCUT2D eigenvalue weighted by Crippen LogP contribution is -1.95. The van der Waals surface area contributed by atoms with Crippen LogP contribution in [0.5, 0.6) is 0 Å². The van der Waals surface area contributed by atoms with E-state index < -0.39 is 0 Å². The van der Waals surface area contributed by atoms with E-state index in [-0.39, 0.29) is 5.76 Å². The Morgan fingerprint density at radius 1 is 1.54 bits per heavy atom. The molecule has 0 aromatic heterocycles. The van der Waals surface area contributed by atoms with Crippen LogP contribution in [0.2, 0.25) is 5.02 Å². The number of aliphatic hydroxyl groups is 1. The first kappa shape index (κ1) is 9.93. The number of hydrogen-bond acceptors (Lipinski definition) is 2. The van der Waals surface area contributed by atoms with Crippen molar-refractivity contribution >= 4 is 23.0 Å². The van der Waals surface area contributed by atoms with Crippen LogP contribution in [-0.4, -0.2) is 12.2 Å². The van der Waals surface area contributed by atoms with Gasteiger partial charge in [0.15, 0.2) is 0 Å². The molecule has 0 atom stereocenters. The minimum Gasteiger partial charge on any atom is -0.508 e. The van der Waals surface area contributed by atoms with E-state index in [1.165, 1.54) is 0 Å². The van der Waals surface area contributed by atoms with Crippen LogP contribution in [0.15, 0.2) is 18.7 Å². The summed E-state index contributed by atoms with van der Waals surface area (Å²) in [6, 6.07) is 3.57. The normalized spacial score (nSPS) is 9.77. The maximum absolute atomic E-state index is 9.26. The van der Waals surface area contributed by atoms with Crippen LogP contribution in [0.25, 0.3) is 5.76 Å². The molecule has 0 heterocycles. The summed E-state index contributed by atoms with van der Waals surface area (Å²) >= 11 is 5.91. The molecule has 2 N–H and O–H groups in total. The van der Waals surface area contributed by atoms with Crippen molar-refractivity contribution in [1.82, 2.24) is 0 Å². The molecular weight excluding hydrogens is 186 g/mol. The third-order valence-electron chi connectivity index (χ3n) is 1.88. The van der Waals surface area contributed by atoms with E-state index in [1.807, 2.05) is 13.0 Å². The predicted octanol–water partition coefficient (Wildman–Crippen LogP) is 3.22. The quantitative estimate of drug-likeness (QED) is 0.714. The van der Waals surface area contributed by atoms with Gasteiger partial charge in [-0.2, -0.15) is 0 Å². The van der Waals surface area contributed by atoms with Crippen LogP contribution in [0.4, 0.5) is 5.69 Å². The van der Waals surface area contributed by atoms with E-state index in [1.54, 1.807) is 13.1 Å². The minimum atomic E-state index is 0.0197. The third-order valence-corrected chi connectivity index (χ3v) is 2.29. The van der Waals surface area contributed by atoms with Gasteiger partial charge in [-0.05, 0) is 24.6 Å². The standard InChI is InChI=1S/C10H12ClNO/c1-6-4-10(12-3)8(7(2)13)5-9(6)11/h4-5,12-13H,2H2,1,3H3. The molecule has 1 rings (SSSR count). The Bertz CT molecular complexity index is 347. The van der Waals surface area contributed by atoms with E-state index in [0.29, 0.717) is 10.6 Å². The Kier molecular flexibility index (Phi) is 2.83. The summed E-state index contributed by atoms with van der Waals surface area (Å²) in [5.74, 6) is 0.0197. The number of aliphatic hydroxyl groups excluding tert-OH is 1. The third kappa shape index (κ3) is 1.95. The van der Waals surface area contributed by atoms with Crippen molar-refractivity contribution in [2.24, 2.45) is 0 Å². The van der Waals surface area contributed by atoms with Gasteiger partial charge in [-0.1, -0.05) is 18.2 Å². The molecule has 0 unspecified atom stereocenters. The second kappa shape index (κ2) is 3.71. The number of rotatable bonds is 2. The van der Waals surface area contributed by atoms with Crippen molar-refractivity contribution in [2.75, 3.05) is 12.4 Å². The van der Waals surface area contributed by atoms with Crippen molar-refractivity contribution in [3.8, 4) is 0 Å². The van der Waals surface area contributed by atoms with Gasteiger partial charge in [0.2, 0.25) is 0 Å². The number of nitrogens with one attached hydrogen (secondary N) is 1. The molecule has 0 aliphatic carbocycles. The SMILES string of the molecule is C=C(O)c1cc(Cl)c(C)cc1NC. The topological polar surface area (TPSA) is 32.3 Å². The van der Waals surface area contributed by atoms with Gasteiger partial charge in [0.05, 0.1) is 0 Å². The van der Waals surface area contributed by atoms with Gasteiger partial charge in [-0.3, -0.25) is 0 Å². The molecule has 0 saturated heterocycles. The first-order chi connectivity index (χ1) is 6.06. The van der Waals surface area contributed by atoms with Crippen molar-refractivity contribution in [3.05, 3.63) is 34.9 Å². The minimum absolute atomic E-state index is 0.0197. The zero-order valence-corrected chi connectivity index (χ0v) is 8.44. The van der Waals surface area contributed by atoms with Crippen LogP contribution in [-0.2, 0) is 0 Å². The van der Waals surface area contributed by atoms with Crippen LogP contribution in [0, 0.1) is 6.92 Å². The van der Waals surface area contributed by atoms with E-state index >= 15 is 0 Å². The lowest BCUT2D eigenvalue weighted by Gasteiger charge is -2.10. The first-order valence-electron chi connectivity index (χ1n) is 3.92. The van der Waals surface area contributed by atoms with Gasteiger partial charge in [-0.25, -0.2) is 0 Å². The summed E-state index contributed by atoms with van der Waals surface area (Å²) in [5.41, 5.74) is 2.43. The van der Waals surface area contributed by atoms with Gasteiger partial charge in [0.1, 0.15) is 5.76 Å². The van der Waals surface area contributed by atoms with Crippen molar-refractivity contribution < 1.29 is 5.11 Å². The van der Waals surface area contributed by atoms with Gasteiger partial charge < -0.3 is 10.4 Å². The summed E-state index contributed by atoms with van der Waals surface area (Å²) < 4.78 is 0. The van der Waals surface area contributed by atoms with Gasteiger partial charge >= 0.3 is 0 Å². The Balaban J connectivity index is 3.33. The molecule has 0 bridgehead atoms. The van der Waals surface area contributed by atoms with Crippen molar-refractivity contribution in [1.29, 1.82) is 0 Å². The zero-order valence-electron chi connectivity index (χ0n) is 7.69. The zero-order chi connectivity index (χ0) is 10.0. The number of anilines is 1. The predicted molar refractivity (Wildman–Crippen MR) is 57.4 cm³/mol. The highest BCUT2D eigenvalue weighted by Gasteiger charge is 2.06. The highest BCUT2D eigenvalue weighted by Crippen LogP contribution is 2.27. The number of benzene rings is 1. The van der Waals surface area contributed by atoms with E-state index in [2.05, 4.69) is 11.9 Å². The fourth-order valence-electron chi connectivity index (χ4n) is 1.13. The fraction of sp³-hybridized carbons (Fsp3) is 0.200.